The second-order valence-corrected chi connectivity index (χ2v) is 4.87. The largest absolute Gasteiger partial charge is 0.481 e. The predicted octanol–water partition coefficient (Wildman–Crippen LogP) is 1.69. The average Bonchev–Trinajstić information content (AvgIpc) is 2.71. The monoisotopic (exact) mass is 265 g/mol. The third-order valence-electron chi connectivity index (χ3n) is 3.64. The highest BCUT2D eigenvalue weighted by Gasteiger charge is 2.37. The number of halogens is 1. The van der Waals surface area contributed by atoms with Crippen LogP contribution in [0.3, 0.4) is 0 Å². The van der Waals surface area contributed by atoms with Gasteiger partial charge in [-0.05, 0) is 31.0 Å². The maximum atomic E-state index is 13.0. The Bertz CT molecular complexity index is 503. The number of hydrogen-bond donors (Lipinski definition) is 1. The van der Waals surface area contributed by atoms with Gasteiger partial charge in [0.2, 0.25) is 5.91 Å². The van der Waals surface area contributed by atoms with Gasteiger partial charge in [-0.15, -0.1) is 0 Å². The van der Waals surface area contributed by atoms with Crippen molar-refractivity contribution in [2.45, 2.75) is 25.8 Å². The molecule has 0 aromatic heterocycles. The second kappa shape index (κ2) is 5.38. The molecule has 2 unspecified atom stereocenters. The highest BCUT2D eigenvalue weighted by Crippen LogP contribution is 2.25. The summed E-state index contributed by atoms with van der Waals surface area (Å²) >= 11 is 0. The van der Waals surface area contributed by atoms with Gasteiger partial charge in [-0.1, -0.05) is 12.1 Å². The number of carbonyl (C=O) groups excluding carboxylic acids is 1. The van der Waals surface area contributed by atoms with Crippen molar-refractivity contribution in [3.05, 3.63) is 35.6 Å². The molecule has 5 heteroatoms. The van der Waals surface area contributed by atoms with Crippen molar-refractivity contribution in [1.29, 1.82) is 0 Å². The van der Waals surface area contributed by atoms with Crippen LogP contribution in [0.25, 0.3) is 0 Å². The summed E-state index contributed by atoms with van der Waals surface area (Å²) in [7, 11) is 0. The van der Waals surface area contributed by atoms with Gasteiger partial charge < -0.3 is 10.0 Å². The van der Waals surface area contributed by atoms with E-state index in [4.69, 9.17) is 5.11 Å². The fraction of sp³-hybridized carbons (Fsp3) is 0.429. The van der Waals surface area contributed by atoms with E-state index in [9.17, 15) is 14.0 Å². The number of benzene rings is 1. The van der Waals surface area contributed by atoms with Gasteiger partial charge >= 0.3 is 5.97 Å². The Balaban J connectivity index is 2.03. The maximum Gasteiger partial charge on any atom is 0.308 e. The van der Waals surface area contributed by atoms with Gasteiger partial charge in [-0.2, -0.15) is 0 Å². The summed E-state index contributed by atoms with van der Waals surface area (Å²) in [6.07, 6.45) is 0.583. The first-order valence-electron chi connectivity index (χ1n) is 6.25. The lowest BCUT2D eigenvalue weighted by atomic mass is 10.0. The van der Waals surface area contributed by atoms with Crippen molar-refractivity contribution in [3.63, 3.8) is 0 Å². The van der Waals surface area contributed by atoms with E-state index in [0.29, 0.717) is 18.5 Å². The van der Waals surface area contributed by atoms with Gasteiger partial charge in [-0.25, -0.2) is 4.39 Å². The zero-order valence-corrected chi connectivity index (χ0v) is 10.7. The number of carboxylic acid groups (broad SMARTS) is 1. The molecule has 0 aliphatic carbocycles. The number of carbonyl (C=O) groups is 2. The fourth-order valence-electron chi connectivity index (χ4n) is 2.54. The molecule has 1 aliphatic heterocycles. The minimum absolute atomic E-state index is 0.106. The number of likely N-dealkylation sites (tertiary alicyclic amines) is 1. The maximum absolute atomic E-state index is 13.0. The van der Waals surface area contributed by atoms with Crippen LogP contribution in [0.1, 0.15) is 18.9 Å². The van der Waals surface area contributed by atoms with Gasteiger partial charge in [0, 0.05) is 12.6 Å². The molecule has 102 valence electrons. The van der Waals surface area contributed by atoms with E-state index in [-0.39, 0.29) is 24.2 Å². The van der Waals surface area contributed by atoms with Crippen molar-refractivity contribution in [3.8, 4) is 0 Å². The Kier molecular flexibility index (Phi) is 3.83. The normalized spacial score (nSPS) is 22.5. The number of rotatable bonds is 3. The average molecular weight is 265 g/mol. The first kappa shape index (κ1) is 13.5. The van der Waals surface area contributed by atoms with Gasteiger partial charge in [0.15, 0.2) is 0 Å². The van der Waals surface area contributed by atoms with Crippen LogP contribution >= 0.6 is 0 Å². The van der Waals surface area contributed by atoms with Crippen LogP contribution < -0.4 is 0 Å². The number of nitrogens with zero attached hydrogens (tertiary/aromatic N) is 1. The van der Waals surface area contributed by atoms with Crippen LogP contribution in [0, 0.1) is 11.7 Å². The van der Waals surface area contributed by atoms with Gasteiger partial charge in [0.05, 0.1) is 12.3 Å². The Morgan fingerprint density at radius 3 is 2.79 bits per heavy atom. The van der Waals surface area contributed by atoms with Gasteiger partial charge in [-0.3, -0.25) is 9.59 Å². The minimum atomic E-state index is -0.867. The van der Waals surface area contributed by atoms with Crippen LogP contribution in [0.5, 0.6) is 0 Å². The van der Waals surface area contributed by atoms with E-state index < -0.39 is 11.9 Å². The van der Waals surface area contributed by atoms with Crippen LogP contribution in [0.4, 0.5) is 4.39 Å². The van der Waals surface area contributed by atoms with Crippen LogP contribution in [0.15, 0.2) is 24.3 Å². The third-order valence-corrected chi connectivity index (χ3v) is 3.64. The number of amides is 1. The molecule has 0 spiro atoms. The Morgan fingerprint density at radius 2 is 2.21 bits per heavy atom. The lowest BCUT2D eigenvalue weighted by molar-refractivity contribution is -0.143. The molecular weight excluding hydrogens is 249 g/mol. The summed E-state index contributed by atoms with van der Waals surface area (Å²) < 4.78 is 13.0. The summed E-state index contributed by atoms with van der Waals surface area (Å²) in [5.74, 6) is -1.89. The van der Waals surface area contributed by atoms with Crippen molar-refractivity contribution < 1.29 is 19.1 Å². The van der Waals surface area contributed by atoms with Crippen molar-refractivity contribution >= 4 is 11.9 Å². The van der Waals surface area contributed by atoms with E-state index in [0.717, 1.165) is 0 Å². The van der Waals surface area contributed by atoms with E-state index >= 15 is 0 Å². The smallest absolute Gasteiger partial charge is 0.308 e. The molecule has 1 amide bonds. The molecule has 4 nitrogen and oxygen atoms in total. The molecule has 1 aromatic rings. The molecular formula is C14H16FNO3. The lowest BCUT2D eigenvalue weighted by Gasteiger charge is -2.23. The Morgan fingerprint density at radius 1 is 1.47 bits per heavy atom. The number of aliphatic carboxylic acids is 1. The molecule has 1 aromatic carbocycles. The molecule has 0 bridgehead atoms. The van der Waals surface area contributed by atoms with Crippen molar-refractivity contribution in [1.82, 2.24) is 4.90 Å². The zero-order chi connectivity index (χ0) is 14.0. The van der Waals surface area contributed by atoms with E-state index in [2.05, 4.69) is 0 Å². The summed E-state index contributed by atoms with van der Waals surface area (Å²) in [5.41, 5.74) is 0.607. The highest BCUT2D eigenvalue weighted by atomic mass is 19.1. The molecule has 0 radical (unpaired) electrons. The van der Waals surface area contributed by atoms with Crippen LogP contribution in [-0.2, 0) is 16.0 Å². The number of carboxylic acids is 1. The number of hydrogen-bond acceptors (Lipinski definition) is 2. The van der Waals surface area contributed by atoms with Crippen molar-refractivity contribution in [2.75, 3.05) is 6.54 Å². The molecule has 1 aliphatic rings. The molecule has 0 saturated carbocycles. The predicted molar refractivity (Wildman–Crippen MR) is 67.0 cm³/mol. The second-order valence-electron chi connectivity index (χ2n) is 4.87. The quantitative estimate of drug-likeness (QED) is 0.904. The lowest BCUT2D eigenvalue weighted by Crippen LogP contribution is -2.38. The topological polar surface area (TPSA) is 57.6 Å². The van der Waals surface area contributed by atoms with E-state index in [1.54, 1.807) is 24.0 Å². The summed E-state index contributed by atoms with van der Waals surface area (Å²) in [6, 6.07) is 5.60. The first-order valence-corrected chi connectivity index (χ1v) is 6.25. The van der Waals surface area contributed by atoms with E-state index in [1.807, 2.05) is 0 Å². The summed E-state index contributed by atoms with van der Waals surface area (Å²) in [6.45, 7) is 2.20. The minimum Gasteiger partial charge on any atom is -0.481 e. The molecule has 2 rings (SSSR count). The molecule has 1 fully saturated rings. The van der Waals surface area contributed by atoms with Crippen LogP contribution in [-0.4, -0.2) is 34.5 Å². The zero-order valence-electron chi connectivity index (χ0n) is 10.7. The Hall–Kier alpha value is -1.91. The third kappa shape index (κ3) is 2.92. The standard InChI is InChI=1S/C14H16FNO3/c1-9-12(14(18)19)5-6-16(9)13(17)8-10-3-2-4-11(15)7-10/h2-4,7,9,12H,5-6,8H2,1H3,(H,18,19). The van der Waals surface area contributed by atoms with E-state index in [1.165, 1.54) is 12.1 Å². The van der Waals surface area contributed by atoms with Gasteiger partial charge in [0.1, 0.15) is 5.82 Å². The Labute approximate surface area is 110 Å². The fourth-order valence-corrected chi connectivity index (χ4v) is 2.54. The van der Waals surface area contributed by atoms with Crippen molar-refractivity contribution in [2.24, 2.45) is 5.92 Å². The molecule has 19 heavy (non-hydrogen) atoms. The first-order chi connectivity index (χ1) is 8.99. The van der Waals surface area contributed by atoms with Crippen LogP contribution in [0.2, 0.25) is 0 Å². The summed E-state index contributed by atoms with van der Waals surface area (Å²) in [4.78, 5) is 24.7. The molecule has 2 atom stereocenters. The highest BCUT2D eigenvalue weighted by molar-refractivity contribution is 5.81. The molecule has 1 N–H and O–H groups in total. The SMILES string of the molecule is CC1C(C(=O)O)CCN1C(=O)Cc1cccc(F)c1. The summed E-state index contributed by atoms with van der Waals surface area (Å²) in [5, 5.41) is 9.02. The molecule has 1 saturated heterocycles. The molecule has 1 heterocycles. The van der Waals surface area contributed by atoms with Gasteiger partial charge in [0.25, 0.3) is 0 Å².